The maximum absolute atomic E-state index is 11.8. The molecule has 2 unspecified atom stereocenters. The first-order chi connectivity index (χ1) is 4.84. The maximum Gasteiger partial charge on any atom is 0.118 e. The Labute approximate surface area is 60.0 Å². The lowest BCUT2D eigenvalue weighted by atomic mass is 10.1. The summed E-state index contributed by atoms with van der Waals surface area (Å²) in [6.45, 7) is -0.0214. The number of hydrogen-bond donors (Lipinski definition) is 1. The number of halogens is 1. The summed E-state index contributed by atoms with van der Waals surface area (Å²) < 4.78 is 17.0. The van der Waals surface area contributed by atoms with E-state index in [2.05, 4.69) is 0 Å². The molecule has 0 aliphatic carbocycles. The van der Waals surface area contributed by atoms with Crippen molar-refractivity contribution < 1.29 is 14.2 Å². The van der Waals surface area contributed by atoms with Gasteiger partial charge in [0, 0.05) is 6.61 Å². The van der Waals surface area contributed by atoms with E-state index in [1.165, 1.54) is 0 Å². The van der Waals surface area contributed by atoms with Crippen LogP contribution in [0.15, 0.2) is 0 Å². The molecule has 1 fully saturated rings. The predicted octanol–water partition coefficient (Wildman–Crippen LogP) is 0.886. The van der Waals surface area contributed by atoms with Crippen LogP contribution in [0.3, 0.4) is 0 Å². The van der Waals surface area contributed by atoms with Crippen LogP contribution in [0.2, 0.25) is 0 Å². The van der Waals surface area contributed by atoms with Gasteiger partial charge in [-0.3, -0.25) is 0 Å². The van der Waals surface area contributed by atoms with Crippen molar-refractivity contribution in [3.63, 3.8) is 0 Å². The second kappa shape index (κ2) is 3.88. The van der Waals surface area contributed by atoms with E-state index >= 15 is 0 Å². The molecule has 1 aliphatic rings. The molecule has 1 N–H and O–H groups in total. The van der Waals surface area contributed by atoms with E-state index in [0.717, 1.165) is 19.3 Å². The summed E-state index contributed by atoms with van der Waals surface area (Å²) in [5.41, 5.74) is 0. The summed E-state index contributed by atoms with van der Waals surface area (Å²) in [7, 11) is 0. The monoisotopic (exact) mass is 148 g/mol. The molecule has 1 rings (SSSR count). The SMILES string of the molecule is OC(CF)C1CCCCO1. The summed E-state index contributed by atoms with van der Waals surface area (Å²) in [5, 5.41) is 8.98. The average molecular weight is 148 g/mol. The Kier molecular flexibility index (Phi) is 3.09. The third-order valence-corrected chi connectivity index (χ3v) is 1.80. The Morgan fingerprint density at radius 3 is 2.90 bits per heavy atom. The highest BCUT2D eigenvalue weighted by atomic mass is 19.1. The minimum absolute atomic E-state index is 0.251. The predicted molar refractivity (Wildman–Crippen MR) is 35.6 cm³/mol. The van der Waals surface area contributed by atoms with Gasteiger partial charge in [-0.25, -0.2) is 4.39 Å². The standard InChI is InChI=1S/C7H13FO2/c8-5-6(9)7-3-1-2-4-10-7/h6-7,9H,1-5H2. The van der Waals surface area contributed by atoms with E-state index in [-0.39, 0.29) is 6.10 Å². The third-order valence-electron chi connectivity index (χ3n) is 1.80. The lowest BCUT2D eigenvalue weighted by Gasteiger charge is -2.25. The van der Waals surface area contributed by atoms with Crippen LogP contribution in [-0.2, 0) is 4.74 Å². The van der Waals surface area contributed by atoms with E-state index in [0.29, 0.717) is 6.61 Å². The second-order valence-corrected chi connectivity index (χ2v) is 2.63. The quantitative estimate of drug-likeness (QED) is 0.630. The van der Waals surface area contributed by atoms with Gasteiger partial charge in [-0.2, -0.15) is 0 Å². The minimum atomic E-state index is -0.903. The summed E-state index contributed by atoms with van der Waals surface area (Å²) in [6.07, 6.45) is 1.72. The van der Waals surface area contributed by atoms with Crippen molar-refractivity contribution in [2.45, 2.75) is 31.5 Å². The number of alkyl halides is 1. The van der Waals surface area contributed by atoms with Crippen LogP contribution in [0, 0.1) is 0 Å². The number of aliphatic hydroxyl groups is 1. The van der Waals surface area contributed by atoms with Crippen molar-refractivity contribution >= 4 is 0 Å². The average Bonchev–Trinajstić information content (AvgIpc) is 2.05. The Morgan fingerprint density at radius 2 is 2.40 bits per heavy atom. The second-order valence-electron chi connectivity index (χ2n) is 2.63. The van der Waals surface area contributed by atoms with Gasteiger partial charge >= 0.3 is 0 Å². The largest absolute Gasteiger partial charge is 0.388 e. The number of ether oxygens (including phenoxy) is 1. The molecule has 60 valence electrons. The number of aliphatic hydroxyl groups excluding tert-OH is 1. The highest BCUT2D eigenvalue weighted by Gasteiger charge is 2.21. The zero-order valence-corrected chi connectivity index (χ0v) is 5.92. The molecule has 3 heteroatoms. The van der Waals surface area contributed by atoms with Gasteiger partial charge in [-0.05, 0) is 19.3 Å². The Morgan fingerprint density at radius 1 is 1.60 bits per heavy atom. The topological polar surface area (TPSA) is 29.5 Å². The Hall–Kier alpha value is -0.150. The first-order valence-electron chi connectivity index (χ1n) is 3.70. The smallest absolute Gasteiger partial charge is 0.118 e. The van der Waals surface area contributed by atoms with E-state index in [1.807, 2.05) is 0 Å². The summed E-state index contributed by atoms with van der Waals surface area (Å²) in [4.78, 5) is 0. The van der Waals surface area contributed by atoms with Gasteiger partial charge in [-0.15, -0.1) is 0 Å². The van der Waals surface area contributed by atoms with Crippen molar-refractivity contribution in [1.82, 2.24) is 0 Å². The summed E-state index contributed by atoms with van der Waals surface area (Å²) in [6, 6.07) is 0. The first kappa shape index (κ1) is 7.95. The van der Waals surface area contributed by atoms with Gasteiger partial charge in [0.15, 0.2) is 0 Å². The van der Waals surface area contributed by atoms with Crippen LogP contribution in [0.5, 0.6) is 0 Å². The van der Waals surface area contributed by atoms with Gasteiger partial charge in [0.05, 0.1) is 6.10 Å². The molecule has 2 nitrogen and oxygen atoms in total. The fourth-order valence-electron chi connectivity index (χ4n) is 1.17. The van der Waals surface area contributed by atoms with Gasteiger partial charge in [0.1, 0.15) is 12.8 Å². The van der Waals surface area contributed by atoms with Crippen molar-refractivity contribution in [1.29, 1.82) is 0 Å². The third kappa shape index (κ3) is 1.92. The number of rotatable bonds is 2. The molecular formula is C7H13FO2. The highest BCUT2D eigenvalue weighted by molar-refractivity contribution is 4.71. The van der Waals surface area contributed by atoms with Crippen LogP contribution < -0.4 is 0 Å². The van der Waals surface area contributed by atoms with Crippen LogP contribution in [0.25, 0.3) is 0 Å². The molecule has 1 heterocycles. The zero-order chi connectivity index (χ0) is 7.40. The molecule has 0 radical (unpaired) electrons. The highest BCUT2D eigenvalue weighted by Crippen LogP contribution is 2.15. The molecule has 0 bridgehead atoms. The molecule has 0 aromatic heterocycles. The van der Waals surface area contributed by atoms with Crippen molar-refractivity contribution in [2.75, 3.05) is 13.3 Å². The van der Waals surface area contributed by atoms with Crippen molar-refractivity contribution in [3.8, 4) is 0 Å². The van der Waals surface area contributed by atoms with Gasteiger partial charge in [-0.1, -0.05) is 0 Å². The van der Waals surface area contributed by atoms with Crippen molar-refractivity contribution in [3.05, 3.63) is 0 Å². The fraction of sp³-hybridized carbons (Fsp3) is 1.00. The Balaban J connectivity index is 2.24. The van der Waals surface area contributed by atoms with Crippen LogP contribution >= 0.6 is 0 Å². The van der Waals surface area contributed by atoms with E-state index in [9.17, 15) is 4.39 Å². The number of hydrogen-bond acceptors (Lipinski definition) is 2. The van der Waals surface area contributed by atoms with E-state index in [1.54, 1.807) is 0 Å². The summed E-state index contributed by atoms with van der Waals surface area (Å²) >= 11 is 0. The maximum atomic E-state index is 11.8. The normalized spacial score (nSPS) is 30.0. The zero-order valence-electron chi connectivity index (χ0n) is 5.92. The molecule has 1 aliphatic heterocycles. The summed E-state index contributed by atoms with van der Waals surface area (Å²) in [5.74, 6) is 0. The van der Waals surface area contributed by atoms with Gasteiger partial charge < -0.3 is 9.84 Å². The molecule has 0 aromatic rings. The molecule has 10 heavy (non-hydrogen) atoms. The van der Waals surface area contributed by atoms with E-state index < -0.39 is 12.8 Å². The molecular weight excluding hydrogens is 135 g/mol. The molecule has 0 amide bonds. The lowest BCUT2D eigenvalue weighted by Crippen LogP contribution is -2.33. The van der Waals surface area contributed by atoms with Gasteiger partial charge in [0.25, 0.3) is 0 Å². The molecule has 0 aromatic carbocycles. The molecule has 2 atom stereocenters. The van der Waals surface area contributed by atoms with E-state index in [4.69, 9.17) is 9.84 Å². The van der Waals surface area contributed by atoms with Crippen LogP contribution in [0.1, 0.15) is 19.3 Å². The molecule has 0 spiro atoms. The minimum Gasteiger partial charge on any atom is -0.388 e. The van der Waals surface area contributed by atoms with Crippen molar-refractivity contribution in [2.24, 2.45) is 0 Å². The fourth-order valence-corrected chi connectivity index (χ4v) is 1.17. The lowest BCUT2D eigenvalue weighted by molar-refractivity contribution is -0.0684. The molecule has 0 saturated carbocycles. The van der Waals surface area contributed by atoms with Crippen LogP contribution in [-0.4, -0.2) is 30.6 Å². The van der Waals surface area contributed by atoms with Gasteiger partial charge in [0.2, 0.25) is 0 Å². The first-order valence-corrected chi connectivity index (χ1v) is 3.70. The Bertz CT molecular complexity index is 91.6. The molecule has 1 saturated heterocycles. The van der Waals surface area contributed by atoms with Crippen LogP contribution in [0.4, 0.5) is 4.39 Å².